The summed E-state index contributed by atoms with van der Waals surface area (Å²) in [6.45, 7) is 4.36. The first-order valence-electron chi connectivity index (χ1n) is 4.02. The van der Waals surface area contributed by atoms with Crippen LogP contribution < -0.4 is 0 Å². The van der Waals surface area contributed by atoms with Crippen LogP contribution >= 0.6 is 8.20 Å². The average Bonchev–Trinajstić information content (AvgIpc) is 2.07. The van der Waals surface area contributed by atoms with Gasteiger partial charge in [-0.3, -0.25) is 4.79 Å². The molecule has 0 aromatic rings. The fourth-order valence-corrected chi connectivity index (χ4v) is 1.06. The van der Waals surface area contributed by atoms with Gasteiger partial charge in [-0.15, -0.1) is 0 Å². The third-order valence-electron chi connectivity index (χ3n) is 1.24. The first-order chi connectivity index (χ1) is 5.31. The van der Waals surface area contributed by atoms with E-state index in [1.807, 2.05) is 11.6 Å². The Labute approximate surface area is 70.3 Å². The fourth-order valence-electron chi connectivity index (χ4n) is 0.398. The normalized spacial score (nSPS) is 15.6. The maximum Gasteiger partial charge on any atom is 0.160 e. The molecule has 0 aromatic heterocycles. The molecule has 0 radical (unpaired) electrons. The van der Waals surface area contributed by atoms with Gasteiger partial charge in [-0.2, -0.15) is 0 Å². The van der Waals surface area contributed by atoms with Crippen LogP contribution in [0.25, 0.3) is 0 Å². The van der Waals surface area contributed by atoms with Gasteiger partial charge in [-0.1, -0.05) is 34.9 Å². The molecule has 1 heterocycles. The van der Waals surface area contributed by atoms with Crippen molar-refractivity contribution in [2.45, 2.75) is 33.1 Å². The molecule has 1 aliphatic rings. The van der Waals surface area contributed by atoms with Gasteiger partial charge >= 0.3 is 0 Å². The number of unbranched alkanes of at least 4 members (excludes halogenated alkanes) is 1. The van der Waals surface area contributed by atoms with Crippen molar-refractivity contribution in [2.24, 2.45) is 0 Å². The standard InChI is InChI=1S/C5H5OP.C4H10/c6-5-1-3-7-4-2-5;1-3-4-2/h1,3-4H,2H2;3-4H2,1-2H3. The molecular formula is C9H15OP. The zero-order chi connectivity index (χ0) is 8.53. The van der Waals surface area contributed by atoms with Crippen LogP contribution in [0.15, 0.2) is 11.9 Å². The lowest BCUT2D eigenvalue weighted by Gasteiger charge is -1.87. The number of allylic oxidation sites excluding steroid dienone is 1. The average molecular weight is 170 g/mol. The maximum atomic E-state index is 10.3. The van der Waals surface area contributed by atoms with Gasteiger partial charge in [0.05, 0.1) is 0 Å². The Morgan fingerprint density at radius 1 is 1.45 bits per heavy atom. The topological polar surface area (TPSA) is 17.1 Å². The largest absolute Gasteiger partial charge is 0.294 e. The van der Waals surface area contributed by atoms with E-state index in [0.717, 1.165) is 0 Å². The molecule has 0 fully saturated rings. The number of hydrogen-bond donors (Lipinski definition) is 0. The highest BCUT2D eigenvalue weighted by atomic mass is 31.1. The smallest absolute Gasteiger partial charge is 0.160 e. The first kappa shape index (κ1) is 10.6. The molecule has 0 aromatic carbocycles. The van der Waals surface area contributed by atoms with E-state index >= 15 is 0 Å². The molecule has 62 valence electrons. The molecule has 11 heavy (non-hydrogen) atoms. The van der Waals surface area contributed by atoms with Crippen LogP contribution in [-0.4, -0.2) is 11.6 Å². The Bertz CT molecular complexity index is 157. The molecule has 0 atom stereocenters. The summed E-state index contributed by atoms with van der Waals surface area (Å²) in [7, 11) is 1.17. The van der Waals surface area contributed by atoms with Crippen LogP contribution in [0.1, 0.15) is 33.1 Å². The summed E-state index contributed by atoms with van der Waals surface area (Å²) < 4.78 is 0. The van der Waals surface area contributed by atoms with Crippen molar-refractivity contribution in [1.29, 1.82) is 0 Å². The van der Waals surface area contributed by atoms with Crippen LogP contribution in [0.4, 0.5) is 0 Å². The third-order valence-corrected chi connectivity index (χ3v) is 1.96. The summed E-state index contributed by atoms with van der Waals surface area (Å²) in [6.07, 6.45) is 4.89. The highest BCUT2D eigenvalue weighted by Crippen LogP contribution is 2.03. The van der Waals surface area contributed by atoms with Gasteiger partial charge in [0.25, 0.3) is 0 Å². The summed E-state index contributed by atoms with van der Waals surface area (Å²) in [5.74, 6) is 4.02. The Kier molecular flexibility index (Phi) is 7.39. The molecule has 0 amide bonds. The highest BCUT2D eigenvalue weighted by Gasteiger charge is 1.92. The van der Waals surface area contributed by atoms with E-state index in [2.05, 4.69) is 13.8 Å². The Hall–Kier alpha value is -0.420. The minimum atomic E-state index is 0.221. The zero-order valence-corrected chi connectivity index (χ0v) is 8.10. The van der Waals surface area contributed by atoms with E-state index < -0.39 is 0 Å². The molecule has 0 spiro atoms. The molecule has 0 N–H and O–H groups in total. The summed E-state index contributed by atoms with van der Waals surface area (Å²) >= 11 is 0. The van der Waals surface area contributed by atoms with Crippen LogP contribution in [0.2, 0.25) is 0 Å². The highest BCUT2D eigenvalue weighted by molar-refractivity contribution is 7.42. The minimum absolute atomic E-state index is 0.221. The van der Waals surface area contributed by atoms with Crippen molar-refractivity contribution in [3.05, 3.63) is 11.9 Å². The minimum Gasteiger partial charge on any atom is -0.294 e. The Morgan fingerprint density at radius 3 is 2.27 bits per heavy atom. The summed E-state index contributed by atoms with van der Waals surface area (Å²) in [4.78, 5) is 10.3. The van der Waals surface area contributed by atoms with E-state index in [-0.39, 0.29) is 5.78 Å². The molecule has 1 rings (SSSR count). The van der Waals surface area contributed by atoms with Gasteiger partial charge in [0.1, 0.15) is 0 Å². The van der Waals surface area contributed by atoms with Crippen molar-refractivity contribution in [1.82, 2.24) is 0 Å². The van der Waals surface area contributed by atoms with Crippen molar-refractivity contribution < 1.29 is 4.79 Å². The molecule has 0 saturated carbocycles. The van der Waals surface area contributed by atoms with E-state index in [0.29, 0.717) is 6.42 Å². The lowest BCUT2D eigenvalue weighted by atomic mass is 10.3. The van der Waals surface area contributed by atoms with Gasteiger partial charge in [-0.05, 0) is 17.7 Å². The molecule has 0 bridgehead atoms. The van der Waals surface area contributed by atoms with E-state index in [9.17, 15) is 4.79 Å². The molecular weight excluding hydrogens is 155 g/mol. The van der Waals surface area contributed by atoms with Crippen molar-refractivity contribution in [3.8, 4) is 0 Å². The van der Waals surface area contributed by atoms with Crippen LogP contribution in [0.3, 0.4) is 0 Å². The van der Waals surface area contributed by atoms with Crippen molar-refractivity contribution >= 4 is 19.8 Å². The Balaban J connectivity index is 0.000000218. The van der Waals surface area contributed by atoms with Crippen LogP contribution in [0, 0.1) is 0 Å². The predicted molar refractivity (Wildman–Crippen MR) is 52.3 cm³/mol. The van der Waals surface area contributed by atoms with Gasteiger partial charge in [0.15, 0.2) is 5.78 Å². The SMILES string of the molecule is CCCC.O=C1C=CP=CC1. The first-order valence-corrected chi connectivity index (χ1v) is 5.05. The van der Waals surface area contributed by atoms with Crippen molar-refractivity contribution in [3.63, 3.8) is 0 Å². The Morgan fingerprint density at radius 2 is 2.09 bits per heavy atom. The molecule has 1 aliphatic heterocycles. The molecule has 0 aliphatic carbocycles. The summed E-state index contributed by atoms with van der Waals surface area (Å²) in [5.41, 5.74) is 0. The zero-order valence-electron chi connectivity index (χ0n) is 7.21. The second-order valence-electron chi connectivity index (χ2n) is 2.32. The lowest BCUT2D eigenvalue weighted by molar-refractivity contribution is -0.113. The summed E-state index contributed by atoms with van der Waals surface area (Å²) in [6, 6.07) is 0. The van der Waals surface area contributed by atoms with E-state index in [1.54, 1.807) is 6.08 Å². The number of rotatable bonds is 1. The number of hydrogen-bond acceptors (Lipinski definition) is 1. The monoisotopic (exact) mass is 170 g/mol. The van der Waals surface area contributed by atoms with Crippen molar-refractivity contribution in [2.75, 3.05) is 0 Å². The van der Waals surface area contributed by atoms with E-state index in [4.69, 9.17) is 0 Å². The number of carbonyl (C=O) groups excluding carboxylic acids is 1. The fraction of sp³-hybridized carbons (Fsp3) is 0.556. The summed E-state index contributed by atoms with van der Waals surface area (Å²) in [5, 5.41) is 0. The van der Waals surface area contributed by atoms with Gasteiger partial charge in [0, 0.05) is 6.42 Å². The van der Waals surface area contributed by atoms with Gasteiger partial charge < -0.3 is 0 Å². The second kappa shape index (κ2) is 7.68. The molecule has 1 nitrogen and oxygen atoms in total. The molecule has 2 heteroatoms. The quantitative estimate of drug-likeness (QED) is 0.553. The van der Waals surface area contributed by atoms with E-state index in [1.165, 1.54) is 21.0 Å². The molecule has 0 unspecified atom stereocenters. The predicted octanol–water partition coefficient (Wildman–Crippen LogP) is 3.03. The third kappa shape index (κ3) is 7.48. The second-order valence-corrected chi connectivity index (χ2v) is 3.28. The van der Waals surface area contributed by atoms with Gasteiger partial charge in [-0.25, -0.2) is 0 Å². The maximum absolute atomic E-state index is 10.3. The lowest BCUT2D eigenvalue weighted by Crippen LogP contribution is -1.92. The van der Waals surface area contributed by atoms with Crippen LogP contribution in [-0.2, 0) is 4.79 Å². The number of ketones is 1. The molecule has 0 saturated heterocycles. The van der Waals surface area contributed by atoms with Gasteiger partial charge in [0.2, 0.25) is 0 Å². The van der Waals surface area contributed by atoms with Crippen LogP contribution in [0.5, 0.6) is 0 Å². The number of carbonyl (C=O) groups is 1.